The number of carbonyl (C=O) groups excluding carboxylic acids is 1. The number of hydrogen-bond acceptors (Lipinski definition) is 3. The number of benzene rings is 1. The largest absolute Gasteiger partial charge is 0.464 e. The maximum Gasteiger partial charge on any atom is 0.340 e. The van der Waals surface area contributed by atoms with E-state index in [9.17, 15) is 4.79 Å². The van der Waals surface area contributed by atoms with Crippen LogP contribution in [0.25, 0.3) is 0 Å². The van der Waals surface area contributed by atoms with E-state index in [2.05, 4.69) is 19.9 Å². The number of aryl methyl sites for hydroxylation is 1. The Hall–Kier alpha value is -1.06. The maximum absolute atomic E-state index is 12.2. The molecule has 1 aliphatic heterocycles. The van der Waals surface area contributed by atoms with Gasteiger partial charge in [0.1, 0.15) is 0 Å². The predicted octanol–water partition coefficient (Wildman–Crippen LogP) is 5.03. The highest BCUT2D eigenvalue weighted by molar-refractivity contribution is 6.30. The first kappa shape index (κ1) is 18.3. The van der Waals surface area contributed by atoms with Crippen molar-refractivity contribution in [3.05, 3.63) is 34.3 Å². The third kappa shape index (κ3) is 4.71. The van der Waals surface area contributed by atoms with Crippen molar-refractivity contribution in [2.45, 2.75) is 64.4 Å². The Balaban J connectivity index is 2.15. The number of epoxide rings is 1. The van der Waals surface area contributed by atoms with E-state index in [0.717, 1.165) is 17.9 Å². The standard InChI is InChI=1S/C19H27ClO3/c1-4-6-7-8-15(17-10-9-16(20)11-14(17)3)12-19(13-23-19)18(21)22-5-2/h9-11,15H,4-8,12-13H2,1-3H3. The molecular formula is C19H27ClO3. The fourth-order valence-electron chi connectivity index (χ4n) is 3.17. The molecule has 4 heteroatoms. The highest BCUT2D eigenvalue weighted by Crippen LogP contribution is 2.42. The number of rotatable bonds is 9. The number of ether oxygens (including phenoxy) is 2. The highest BCUT2D eigenvalue weighted by Gasteiger charge is 2.54. The van der Waals surface area contributed by atoms with Gasteiger partial charge < -0.3 is 9.47 Å². The van der Waals surface area contributed by atoms with E-state index in [-0.39, 0.29) is 5.97 Å². The average Bonchev–Trinajstić information content (AvgIpc) is 3.28. The van der Waals surface area contributed by atoms with Crippen molar-refractivity contribution in [3.8, 4) is 0 Å². The normalized spacial score (nSPS) is 21.0. The summed E-state index contributed by atoms with van der Waals surface area (Å²) in [6.07, 6.45) is 5.29. The van der Waals surface area contributed by atoms with Crippen molar-refractivity contribution in [1.82, 2.24) is 0 Å². The summed E-state index contributed by atoms with van der Waals surface area (Å²) in [6, 6.07) is 6.02. The second-order valence-corrected chi connectivity index (χ2v) is 6.84. The van der Waals surface area contributed by atoms with Crippen LogP contribution in [0, 0.1) is 6.92 Å². The summed E-state index contributed by atoms with van der Waals surface area (Å²) in [5.74, 6) is 0.0813. The second kappa shape index (κ2) is 8.16. The van der Waals surface area contributed by atoms with E-state index in [1.54, 1.807) is 0 Å². The molecule has 1 fully saturated rings. The fraction of sp³-hybridized carbons (Fsp3) is 0.632. The van der Waals surface area contributed by atoms with Gasteiger partial charge in [0.2, 0.25) is 0 Å². The molecule has 0 radical (unpaired) electrons. The van der Waals surface area contributed by atoms with Crippen LogP contribution in [0.3, 0.4) is 0 Å². The van der Waals surface area contributed by atoms with Gasteiger partial charge in [0.05, 0.1) is 13.2 Å². The van der Waals surface area contributed by atoms with Crippen LogP contribution in [0.5, 0.6) is 0 Å². The molecule has 0 aromatic heterocycles. The quantitative estimate of drug-likeness (QED) is 0.360. The van der Waals surface area contributed by atoms with Crippen molar-refractivity contribution in [2.75, 3.05) is 13.2 Å². The molecule has 3 nitrogen and oxygen atoms in total. The Labute approximate surface area is 144 Å². The molecule has 1 aliphatic rings. The number of esters is 1. The van der Waals surface area contributed by atoms with Crippen LogP contribution in [0.4, 0.5) is 0 Å². The van der Waals surface area contributed by atoms with Gasteiger partial charge in [0, 0.05) is 5.02 Å². The van der Waals surface area contributed by atoms with Gasteiger partial charge in [-0.15, -0.1) is 0 Å². The minimum atomic E-state index is -0.723. The van der Waals surface area contributed by atoms with Crippen molar-refractivity contribution in [1.29, 1.82) is 0 Å². The summed E-state index contributed by atoms with van der Waals surface area (Å²) in [6.45, 7) is 6.98. The SMILES string of the molecule is CCCCCC(CC1(C(=O)OCC)CO1)c1ccc(Cl)cc1C. The summed E-state index contributed by atoms with van der Waals surface area (Å²) in [5, 5.41) is 0.751. The molecule has 1 aromatic rings. The molecule has 0 aliphatic carbocycles. The molecule has 0 spiro atoms. The molecule has 2 unspecified atom stereocenters. The van der Waals surface area contributed by atoms with Crippen LogP contribution < -0.4 is 0 Å². The Morgan fingerprint density at radius 1 is 1.39 bits per heavy atom. The molecule has 0 amide bonds. The summed E-state index contributed by atoms with van der Waals surface area (Å²) in [4.78, 5) is 12.2. The van der Waals surface area contributed by atoms with Gasteiger partial charge in [-0.3, -0.25) is 0 Å². The van der Waals surface area contributed by atoms with E-state index in [1.807, 2.05) is 19.1 Å². The molecule has 1 aromatic carbocycles. The molecule has 0 N–H and O–H groups in total. The molecular weight excluding hydrogens is 312 g/mol. The monoisotopic (exact) mass is 338 g/mol. The molecule has 128 valence electrons. The zero-order chi connectivity index (χ0) is 16.9. The summed E-state index contributed by atoms with van der Waals surface area (Å²) in [7, 11) is 0. The lowest BCUT2D eigenvalue weighted by molar-refractivity contribution is -0.150. The topological polar surface area (TPSA) is 38.8 Å². The fourth-order valence-corrected chi connectivity index (χ4v) is 3.40. The van der Waals surface area contributed by atoms with Crippen LogP contribution in [0.1, 0.15) is 63.0 Å². The third-order valence-electron chi connectivity index (χ3n) is 4.54. The first-order valence-corrected chi connectivity index (χ1v) is 8.97. The number of halogens is 1. The molecule has 23 heavy (non-hydrogen) atoms. The first-order valence-electron chi connectivity index (χ1n) is 8.59. The molecule has 2 atom stereocenters. The van der Waals surface area contributed by atoms with Crippen LogP contribution in [0.2, 0.25) is 5.02 Å². The van der Waals surface area contributed by atoms with E-state index in [4.69, 9.17) is 21.1 Å². The lowest BCUT2D eigenvalue weighted by Gasteiger charge is -2.22. The van der Waals surface area contributed by atoms with E-state index in [0.29, 0.717) is 25.6 Å². The number of hydrogen-bond donors (Lipinski definition) is 0. The Kier molecular flexibility index (Phi) is 6.49. The maximum atomic E-state index is 12.2. The molecule has 0 saturated carbocycles. The van der Waals surface area contributed by atoms with Gasteiger partial charge in [0.15, 0.2) is 5.60 Å². The van der Waals surface area contributed by atoms with Gasteiger partial charge in [0.25, 0.3) is 0 Å². The molecule has 0 bridgehead atoms. The predicted molar refractivity (Wildman–Crippen MR) is 93.0 cm³/mol. The van der Waals surface area contributed by atoms with Gasteiger partial charge in [-0.1, -0.05) is 43.9 Å². The highest BCUT2D eigenvalue weighted by atomic mass is 35.5. The lowest BCUT2D eigenvalue weighted by atomic mass is 9.83. The van der Waals surface area contributed by atoms with Crippen molar-refractivity contribution >= 4 is 17.6 Å². The van der Waals surface area contributed by atoms with Gasteiger partial charge in [-0.2, -0.15) is 0 Å². The van der Waals surface area contributed by atoms with E-state index < -0.39 is 5.60 Å². The summed E-state index contributed by atoms with van der Waals surface area (Å²) >= 11 is 6.09. The molecule has 1 saturated heterocycles. The van der Waals surface area contributed by atoms with Crippen LogP contribution in [-0.4, -0.2) is 24.8 Å². The number of unbranched alkanes of at least 4 members (excludes halogenated alkanes) is 2. The van der Waals surface area contributed by atoms with Gasteiger partial charge in [-0.05, 0) is 55.9 Å². The Morgan fingerprint density at radius 2 is 2.13 bits per heavy atom. The average molecular weight is 339 g/mol. The zero-order valence-electron chi connectivity index (χ0n) is 14.4. The van der Waals surface area contributed by atoms with E-state index >= 15 is 0 Å². The van der Waals surface area contributed by atoms with Crippen LogP contribution in [0.15, 0.2) is 18.2 Å². The summed E-state index contributed by atoms with van der Waals surface area (Å²) < 4.78 is 10.7. The molecule has 1 heterocycles. The first-order chi connectivity index (χ1) is 11.0. The Morgan fingerprint density at radius 3 is 2.70 bits per heavy atom. The lowest BCUT2D eigenvalue weighted by Crippen LogP contribution is -2.29. The van der Waals surface area contributed by atoms with Crippen molar-refractivity contribution in [3.63, 3.8) is 0 Å². The smallest absolute Gasteiger partial charge is 0.340 e. The zero-order valence-corrected chi connectivity index (χ0v) is 15.1. The second-order valence-electron chi connectivity index (χ2n) is 6.40. The van der Waals surface area contributed by atoms with Gasteiger partial charge >= 0.3 is 5.97 Å². The van der Waals surface area contributed by atoms with Crippen LogP contribution >= 0.6 is 11.6 Å². The van der Waals surface area contributed by atoms with E-state index in [1.165, 1.54) is 24.0 Å². The summed E-state index contributed by atoms with van der Waals surface area (Å²) in [5.41, 5.74) is 1.72. The number of carbonyl (C=O) groups is 1. The van der Waals surface area contributed by atoms with Crippen molar-refractivity contribution < 1.29 is 14.3 Å². The minimum absolute atomic E-state index is 0.216. The minimum Gasteiger partial charge on any atom is -0.464 e. The van der Waals surface area contributed by atoms with Crippen LogP contribution in [-0.2, 0) is 14.3 Å². The van der Waals surface area contributed by atoms with Crippen molar-refractivity contribution in [2.24, 2.45) is 0 Å². The van der Waals surface area contributed by atoms with Gasteiger partial charge in [-0.25, -0.2) is 4.79 Å². The Bertz CT molecular complexity index is 537. The molecule has 2 rings (SSSR count). The third-order valence-corrected chi connectivity index (χ3v) is 4.78.